The normalized spacial score (nSPS) is 11.0. The van der Waals surface area contributed by atoms with E-state index in [2.05, 4.69) is 42.4 Å². The number of benzene rings is 2. The fraction of sp³-hybridized carbons (Fsp3) is 0.333. The van der Waals surface area contributed by atoms with E-state index in [-0.39, 0.29) is 5.91 Å². The van der Waals surface area contributed by atoms with Crippen LogP contribution < -0.4 is 0 Å². The average Bonchev–Trinajstić information content (AvgIpc) is 3.00. The number of fused-ring (bicyclic) bond motifs is 1. The lowest BCUT2D eigenvalue weighted by atomic mass is 10.1. The summed E-state index contributed by atoms with van der Waals surface area (Å²) in [6.45, 7) is 3.08. The number of imidazole rings is 1. The van der Waals surface area contributed by atoms with Crippen LogP contribution in [0.15, 0.2) is 48.5 Å². The Morgan fingerprint density at radius 2 is 1.81 bits per heavy atom. The lowest BCUT2D eigenvalue weighted by Crippen LogP contribution is -2.30. The zero-order chi connectivity index (χ0) is 18.5. The standard InChI is InChI=1S/C21H25N3OS/c1-4-16-9-11-17(12-10-16)13-23(2)21(25)14-24-19-8-6-5-7-18(19)22-20(24)15-26-3/h5-12H,4,13-15H2,1-3H3. The van der Waals surface area contributed by atoms with E-state index in [4.69, 9.17) is 0 Å². The molecule has 5 heteroatoms. The molecule has 2 aromatic carbocycles. The maximum Gasteiger partial charge on any atom is 0.242 e. The molecular weight excluding hydrogens is 342 g/mol. The quantitative estimate of drug-likeness (QED) is 0.630. The van der Waals surface area contributed by atoms with Crippen molar-refractivity contribution in [1.82, 2.24) is 14.5 Å². The molecule has 0 N–H and O–H groups in total. The molecule has 0 atom stereocenters. The molecule has 0 aliphatic carbocycles. The van der Waals surface area contributed by atoms with Gasteiger partial charge in [0.2, 0.25) is 5.91 Å². The van der Waals surface area contributed by atoms with Crippen molar-refractivity contribution in [3.8, 4) is 0 Å². The number of hydrogen-bond donors (Lipinski definition) is 0. The molecule has 0 aliphatic rings. The number of likely N-dealkylation sites (N-methyl/N-ethyl adjacent to an activating group) is 1. The van der Waals surface area contributed by atoms with Gasteiger partial charge in [0.15, 0.2) is 0 Å². The zero-order valence-corrected chi connectivity index (χ0v) is 16.4. The number of aromatic nitrogens is 2. The Balaban J connectivity index is 1.76. The number of aryl methyl sites for hydroxylation is 1. The summed E-state index contributed by atoms with van der Waals surface area (Å²) in [6, 6.07) is 16.5. The fourth-order valence-corrected chi connectivity index (χ4v) is 3.52. The molecule has 136 valence electrons. The van der Waals surface area contributed by atoms with Crippen LogP contribution in [0.5, 0.6) is 0 Å². The molecule has 26 heavy (non-hydrogen) atoms. The highest BCUT2D eigenvalue weighted by molar-refractivity contribution is 7.97. The Labute approximate surface area is 159 Å². The maximum atomic E-state index is 12.8. The van der Waals surface area contributed by atoms with E-state index < -0.39 is 0 Å². The van der Waals surface area contributed by atoms with Gasteiger partial charge in [0.1, 0.15) is 12.4 Å². The van der Waals surface area contributed by atoms with Crippen LogP contribution in [-0.2, 0) is 30.1 Å². The number of para-hydroxylation sites is 2. The number of carbonyl (C=O) groups excluding carboxylic acids is 1. The van der Waals surface area contributed by atoms with Gasteiger partial charge in [-0.2, -0.15) is 11.8 Å². The molecule has 0 aliphatic heterocycles. The number of hydrogen-bond acceptors (Lipinski definition) is 3. The van der Waals surface area contributed by atoms with E-state index in [1.807, 2.05) is 35.9 Å². The summed E-state index contributed by atoms with van der Waals surface area (Å²) < 4.78 is 2.05. The summed E-state index contributed by atoms with van der Waals surface area (Å²) in [7, 11) is 1.86. The molecule has 1 amide bonds. The molecule has 3 rings (SSSR count). The minimum absolute atomic E-state index is 0.0927. The fourth-order valence-electron chi connectivity index (χ4n) is 3.04. The first-order valence-corrected chi connectivity index (χ1v) is 10.3. The highest BCUT2D eigenvalue weighted by Gasteiger charge is 2.16. The second-order valence-corrected chi connectivity index (χ2v) is 7.32. The van der Waals surface area contributed by atoms with Gasteiger partial charge in [-0.05, 0) is 35.9 Å². The van der Waals surface area contributed by atoms with Crippen molar-refractivity contribution in [2.24, 2.45) is 0 Å². The van der Waals surface area contributed by atoms with Crippen molar-refractivity contribution in [1.29, 1.82) is 0 Å². The number of rotatable bonds is 7. The van der Waals surface area contributed by atoms with Gasteiger partial charge in [0, 0.05) is 13.6 Å². The van der Waals surface area contributed by atoms with Gasteiger partial charge in [-0.15, -0.1) is 0 Å². The number of carbonyl (C=O) groups is 1. The predicted octanol–water partition coefficient (Wildman–Crippen LogP) is 4.12. The molecule has 0 saturated carbocycles. The number of amides is 1. The van der Waals surface area contributed by atoms with Gasteiger partial charge in [0.05, 0.1) is 16.8 Å². The van der Waals surface area contributed by atoms with Crippen molar-refractivity contribution in [2.75, 3.05) is 13.3 Å². The van der Waals surface area contributed by atoms with Gasteiger partial charge < -0.3 is 9.47 Å². The van der Waals surface area contributed by atoms with Crippen molar-refractivity contribution >= 4 is 28.7 Å². The van der Waals surface area contributed by atoms with Crippen LogP contribution in [0.1, 0.15) is 23.9 Å². The molecule has 0 radical (unpaired) electrons. The van der Waals surface area contributed by atoms with Crippen LogP contribution in [-0.4, -0.2) is 33.7 Å². The predicted molar refractivity (Wildman–Crippen MR) is 109 cm³/mol. The van der Waals surface area contributed by atoms with Crippen LogP contribution in [0.25, 0.3) is 11.0 Å². The van der Waals surface area contributed by atoms with Crippen molar-refractivity contribution in [3.63, 3.8) is 0 Å². The Kier molecular flexibility index (Phi) is 5.99. The smallest absolute Gasteiger partial charge is 0.242 e. The molecule has 0 fully saturated rings. The summed E-state index contributed by atoms with van der Waals surface area (Å²) >= 11 is 1.72. The van der Waals surface area contributed by atoms with Crippen molar-refractivity contribution < 1.29 is 4.79 Å². The Morgan fingerprint density at radius 1 is 1.12 bits per heavy atom. The van der Waals surface area contributed by atoms with Crippen molar-refractivity contribution in [3.05, 3.63) is 65.5 Å². The minimum atomic E-state index is 0.0927. The topological polar surface area (TPSA) is 38.1 Å². The largest absolute Gasteiger partial charge is 0.340 e. The first-order chi connectivity index (χ1) is 12.6. The molecule has 0 spiro atoms. The van der Waals surface area contributed by atoms with Crippen LogP contribution in [0.4, 0.5) is 0 Å². The van der Waals surface area contributed by atoms with Crippen LogP contribution in [0.2, 0.25) is 0 Å². The molecule has 3 aromatic rings. The highest BCUT2D eigenvalue weighted by atomic mass is 32.2. The number of thioether (sulfide) groups is 1. The molecule has 0 unspecified atom stereocenters. The Morgan fingerprint density at radius 3 is 2.50 bits per heavy atom. The number of nitrogens with zero attached hydrogens (tertiary/aromatic N) is 3. The third kappa shape index (κ3) is 4.10. The van der Waals surface area contributed by atoms with Gasteiger partial charge in [-0.25, -0.2) is 4.98 Å². The highest BCUT2D eigenvalue weighted by Crippen LogP contribution is 2.19. The summed E-state index contributed by atoms with van der Waals surface area (Å²) in [6.07, 6.45) is 3.08. The van der Waals surface area contributed by atoms with Gasteiger partial charge in [-0.3, -0.25) is 4.79 Å². The first-order valence-electron chi connectivity index (χ1n) is 8.87. The monoisotopic (exact) mass is 367 g/mol. The van der Waals surface area contributed by atoms with Gasteiger partial charge in [0.25, 0.3) is 0 Å². The van der Waals surface area contributed by atoms with Crippen LogP contribution in [0.3, 0.4) is 0 Å². The van der Waals surface area contributed by atoms with Crippen LogP contribution >= 0.6 is 11.8 Å². The second-order valence-electron chi connectivity index (χ2n) is 6.46. The lowest BCUT2D eigenvalue weighted by molar-refractivity contribution is -0.131. The molecule has 4 nitrogen and oxygen atoms in total. The maximum absolute atomic E-state index is 12.8. The summed E-state index contributed by atoms with van der Waals surface area (Å²) in [4.78, 5) is 19.3. The second kappa shape index (κ2) is 8.41. The first kappa shape index (κ1) is 18.5. The summed E-state index contributed by atoms with van der Waals surface area (Å²) in [5, 5.41) is 0. The van der Waals surface area contributed by atoms with Gasteiger partial charge >= 0.3 is 0 Å². The Hall–Kier alpha value is -2.27. The van der Waals surface area contributed by atoms with E-state index in [1.165, 1.54) is 5.56 Å². The van der Waals surface area contributed by atoms with E-state index in [9.17, 15) is 4.79 Å². The minimum Gasteiger partial charge on any atom is -0.340 e. The van der Waals surface area contributed by atoms with Crippen LogP contribution in [0, 0.1) is 0 Å². The molecule has 0 bridgehead atoms. The SMILES string of the molecule is CCc1ccc(CN(C)C(=O)Cn2c(CSC)nc3ccccc32)cc1. The van der Waals surface area contributed by atoms with E-state index in [0.29, 0.717) is 13.1 Å². The third-order valence-electron chi connectivity index (χ3n) is 4.58. The molecule has 1 aromatic heterocycles. The average molecular weight is 368 g/mol. The van der Waals surface area contributed by atoms with E-state index >= 15 is 0 Å². The molecule has 0 saturated heterocycles. The lowest BCUT2D eigenvalue weighted by Gasteiger charge is -2.19. The Bertz CT molecular complexity index is 886. The summed E-state index contributed by atoms with van der Waals surface area (Å²) in [5.74, 6) is 1.84. The van der Waals surface area contributed by atoms with Gasteiger partial charge in [-0.1, -0.05) is 43.3 Å². The zero-order valence-electron chi connectivity index (χ0n) is 15.6. The molecular formula is C21H25N3OS. The molecule has 1 heterocycles. The summed E-state index contributed by atoms with van der Waals surface area (Å²) in [5.41, 5.74) is 4.43. The third-order valence-corrected chi connectivity index (χ3v) is 5.12. The van der Waals surface area contributed by atoms with Crippen molar-refractivity contribution in [2.45, 2.75) is 32.2 Å². The van der Waals surface area contributed by atoms with E-state index in [1.54, 1.807) is 16.7 Å². The van der Waals surface area contributed by atoms with E-state index in [0.717, 1.165) is 34.6 Å².